The number of fused-ring (bicyclic) bond motifs is 2. The maximum Gasteiger partial charge on any atom is 0.115 e. The Kier molecular flexibility index (Phi) is 4.40. The van der Waals surface area contributed by atoms with Gasteiger partial charge in [0.05, 0.1) is 17.3 Å². The van der Waals surface area contributed by atoms with Crippen molar-refractivity contribution in [2.24, 2.45) is 5.92 Å². The molecule has 0 amide bonds. The van der Waals surface area contributed by atoms with Crippen LogP contribution in [0.15, 0.2) is 18.2 Å². The molecule has 1 saturated heterocycles. The lowest BCUT2D eigenvalue weighted by Crippen LogP contribution is -2.74. The first-order chi connectivity index (χ1) is 16.0. The SMILES string of the molecule is Cc1c2c(nn1C1CCCCC1)C[C@@]13CCN(CC4CC4)C(Cc4ccc(O)cc41)[C@@]3(O)C2. The van der Waals surface area contributed by atoms with Crippen molar-refractivity contribution in [1.29, 1.82) is 0 Å². The number of aliphatic hydroxyl groups is 1. The summed E-state index contributed by atoms with van der Waals surface area (Å²) in [5.41, 5.74) is 5.13. The summed E-state index contributed by atoms with van der Waals surface area (Å²) in [6, 6.07) is 6.57. The van der Waals surface area contributed by atoms with Crippen LogP contribution in [0.4, 0.5) is 0 Å². The van der Waals surface area contributed by atoms with Crippen LogP contribution in [-0.4, -0.2) is 49.6 Å². The molecule has 1 aromatic heterocycles. The normalized spacial score (nSPS) is 33.9. The van der Waals surface area contributed by atoms with Crippen molar-refractivity contribution in [2.75, 3.05) is 13.1 Å². The van der Waals surface area contributed by atoms with Gasteiger partial charge in [0.2, 0.25) is 0 Å². The first-order valence-electron chi connectivity index (χ1n) is 13.3. The molecule has 2 aromatic rings. The molecule has 7 rings (SSSR count). The highest BCUT2D eigenvalue weighted by molar-refractivity contribution is 5.52. The Morgan fingerprint density at radius 1 is 1.09 bits per heavy atom. The molecule has 4 aliphatic carbocycles. The van der Waals surface area contributed by atoms with E-state index in [0.29, 0.717) is 18.2 Å². The Bertz CT molecular complexity index is 1100. The highest BCUT2D eigenvalue weighted by atomic mass is 16.3. The molecule has 3 fully saturated rings. The lowest BCUT2D eigenvalue weighted by atomic mass is 9.49. The number of aromatic hydroxyl groups is 1. The number of piperidine rings is 1. The summed E-state index contributed by atoms with van der Waals surface area (Å²) in [6.07, 6.45) is 12.4. The fourth-order valence-electron chi connectivity index (χ4n) is 8.09. The van der Waals surface area contributed by atoms with Crippen LogP contribution >= 0.6 is 0 Å². The summed E-state index contributed by atoms with van der Waals surface area (Å²) in [7, 11) is 0. The highest BCUT2D eigenvalue weighted by Gasteiger charge is 2.65. The summed E-state index contributed by atoms with van der Waals surface area (Å²) in [5.74, 6) is 1.14. The monoisotopic (exact) mass is 447 g/mol. The van der Waals surface area contributed by atoms with Crippen molar-refractivity contribution in [1.82, 2.24) is 14.7 Å². The number of hydrogen-bond donors (Lipinski definition) is 2. The zero-order valence-electron chi connectivity index (χ0n) is 19.9. The minimum absolute atomic E-state index is 0.148. The van der Waals surface area contributed by atoms with Gasteiger partial charge in [0.1, 0.15) is 5.75 Å². The predicted octanol–water partition coefficient (Wildman–Crippen LogP) is 4.21. The van der Waals surface area contributed by atoms with Crippen LogP contribution in [0.3, 0.4) is 0 Å². The molecule has 5 heteroatoms. The quantitative estimate of drug-likeness (QED) is 0.740. The van der Waals surface area contributed by atoms with Gasteiger partial charge in [0.25, 0.3) is 0 Å². The molecule has 3 atom stereocenters. The number of aromatic nitrogens is 2. The smallest absolute Gasteiger partial charge is 0.115 e. The Morgan fingerprint density at radius 2 is 1.91 bits per heavy atom. The second-order valence-electron chi connectivity index (χ2n) is 11.9. The number of rotatable bonds is 3. The van der Waals surface area contributed by atoms with Gasteiger partial charge in [0.15, 0.2) is 0 Å². The molecule has 5 aliphatic rings. The summed E-state index contributed by atoms with van der Waals surface area (Å²) in [6.45, 7) is 4.40. The third kappa shape index (κ3) is 2.88. The number of hydrogen-bond acceptors (Lipinski definition) is 4. The molecule has 0 radical (unpaired) electrons. The zero-order chi connectivity index (χ0) is 22.4. The van der Waals surface area contributed by atoms with E-state index >= 15 is 0 Å². The lowest BCUT2D eigenvalue weighted by Gasteiger charge is -2.63. The zero-order valence-corrected chi connectivity index (χ0v) is 19.9. The van der Waals surface area contributed by atoms with E-state index in [4.69, 9.17) is 5.10 Å². The molecule has 1 unspecified atom stereocenters. The van der Waals surface area contributed by atoms with Crippen LogP contribution in [0, 0.1) is 12.8 Å². The number of nitrogens with zero attached hydrogens (tertiary/aromatic N) is 3. The topological polar surface area (TPSA) is 61.5 Å². The van der Waals surface area contributed by atoms with Crippen molar-refractivity contribution in [3.8, 4) is 5.75 Å². The third-order valence-corrected chi connectivity index (χ3v) is 10.1. The predicted molar refractivity (Wildman–Crippen MR) is 128 cm³/mol. The average Bonchev–Trinajstić information content (AvgIpc) is 3.58. The van der Waals surface area contributed by atoms with Crippen LogP contribution in [0.1, 0.15) is 85.5 Å². The molecule has 1 aromatic carbocycles. The standard InChI is InChI=1S/C28H37N3O2/c1-18-23-15-28(33)26-13-20-9-10-22(32)14-24(20)27(28,11-12-30(26)17-19-7-8-19)16-25(23)29-31(18)21-5-3-2-4-6-21/h9-10,14,19,21,26,32-33H,2-8,11-13,15-17H2,1H3/t26?,27-,28-/m0/s1. The van der Waals surface area contributed by atoms with E-state index in [1.807, 2.05) is 12.1 Å². The maximum atomic E-state index is 12.7. The van der Waals surface area contributed by atoms with Gasteiger partial charge in [-0.15, -0.1) is 0 Å². The van der Waals surface area contributed by atoms with Crippen LogP contribution < -0.4 is 0 Å². The van der Waals surface area contributed by atoms with Gasteiger partial charge in [-0.1, -0.05) is 25.3 Å². The first kappa shape index (κ1) is 20.5. The van der Waals surface area contributed by atoms with Gasteiger partial charge in [0, 0.05) is 36.5 Å². The number of phenolic OH excluding ortho intramolecular Hbond substituents is 1. The number of likely N-dealkylation sites (tertiary alicyclic amines) is 1. The fourth-order valence-corrected chi connectivity index (χ4v) is 8.09. The Balaban J connectivity index is 1.36. The van der Waals surface area contributed by atoms with Crippen molar-refractivity contribution in [3.63, 3.8) is 0 Å². The van der Waals surface area contributed by atoms with E-state index < -0.39 is 5.60 Å². The van der Waals surface area contributed by atoms with Gasteiger partial charge in [-0.2, -0.15) is 5.10 Å². The minimum atomic E-state index is -0.806. The molecule has 0 spiro atoms. The van der Waals surface area contributed by atoms with Gasteiger partial charge >= 0.3 is 0 Å². The van der Waals surface area contributed by atoms with Crippen molar-refractivity contribution in [2.45, 2.75) is 101 Å². The van der Waals surface area contributed by atoms with Gasteiger partial charge in [-0.3, -0.25) is 9.58 Å². The summed E-state index contributed by atoms with van der Waals surface area (Å²) >= 11 is 0. The van der Waals surface area contributed by atoms with E-state index in [9.17, 15) is 10.2 Å². The molecular weight excluding hydrogens is 410 g/mol. The molecular formula is C28H37N3O2. The number of benzene rings is 1. The molecule has 1 aliphatic heterocycles. The van der Waals surface area contributed by atoms with Crippen molar-refractivity contribution < 1.29 is 10.2 Å². The van der Waals surface area contributed by atoms with E-state index in [2.05, 4.69) is 22.6 Å². The summed E-state index contributed by atoms with van der Waals surface area (Å²) < 4.78 is 2.33. The minimum Gasteiger partial charge on any atom is -0.508 e. The van der Waals surface area contributed by atoms with Gasteiger partial charge in [-0.25, -0.2) is 0 Å². The molecule has 2 saturated carbocycles. The van der Waals surface area contributed by atoms with Gasteiger partial charge < -0.3 is 10.2 Å². The van der Waals surface area contributed by atoms with E-state index in [1.165, 1.54) is 73.0 Å². The molecule has 33 heavy (non-hydrogen) atoms. The van der Waals surface area contributed by atoms with E-state index in [0.717, 1.165) is 38.3 Å². The van der Waals surface area contributed by atoms with Gasteiger partial charge in [-0.05, 0) is 86.7 Å². The van der Waals surface area contributed by atoms with E-state index in [-0.39, 0.29) is 11.5 Å². The van der Waals surface area contributed by atoms with Crippen LogP contribution in [0.5, 0.6) is 5.75 Å². The molecule has 2 bridgehead atoms. The molecule has 2 heterocycles. The molecule has 176 valence electrons. The van der Waals surface area contributed by atoms with Crippen molar-refractivity contribution >= 4 is 0 Å². The maximum absolute atomic E-state index is 12.7. The van der Waals surface area contributed by atoms with Crippen LogP contribution in [-0.2, 0) is 24.7 Å². The average molecular weight is 448 g/mol. The Morgan fingerprint density at radius 3 is 2.70 bits per heavy atom. The largest absolute Gasteiger partial charge is 0.508 e. The second kappa shape index (κ2) is 7.08. The molecule has 5 nitrogen and oxygen atoms in total. The first-order valence-corrected chi connectivity index (χ1v) is 13.3. The number of phenols is 1. The second-order valence-corrected chi connectivity index (χ2v) is 11.9. The Labute approximate surface area is 196 Å². The lowest BCUT2D eigenvalue weighted by molar-refractivity contribution is -0.152. The highest BCUT2D eigenvalue weighted by Crippen LogP contribution is 2.58. The Hall–Kier alpha value is -1.85. The van der Waals surface area contributed by atoms with Crippen LogP contribution in [0.2, 0.25) is 0 Å². The third-order valence-electron chi connectivity index (χ3n) is 10.1. The fraction of sp³-hybridized carbons (Fsp3) is 0.679. The summed E-state index contributed by atoms with van der Waals surface area (Å²) in [4.78, 5) is 2.62. The van der Waals surface area contributed by atoms with E-state index in [1.54, 1.807) is 0 Å². The van der Waals surface area contributed by atoms with Crippen molar-refractivity contribution in [3.05, 3.63) is 46.3 Å². The molecule has 2 N–H and O–H groups in total. The van der Waals surface area contributed by atoms with Crippen LogP contribution in [0.25, 0.3) is 0 Å². The summed E-state index contributed by atoms with van der Waals surface area (Å²) in [5, 5.41) is 28.4.